The Balaban J connectivity index is 1.77. The highest BCUT2D eigenvalue weighted by atomic mass is 19.4. The highest BCUT2D eigenvalue weighted by molar-refractivity contribution is 5.47. The lowest BCUT2D eigenvalue weighted by molar-refractivity contribution is -0.148. The molecule has 7 heteroatoms. The standard InChI is InChI=1S/C16H18F3N3O/c1-9(12-8-10-4-5-11(12)7-10)22-14(13-3-2-6-23-13)20-21-15(22)16(17,18)19/h2-3,6,9-12H,4-5,7-8H2,1H3. The first kappa shape index (κ1) is 14.8. The first-order valence-electron chi connectivity index (χ1n) is 8.01. The minimum Gasteiger partial charge on any atom is -0.461 e. The van der Waals surface area contributed by atoms with Crippen molar-refractivity contribution >= 4 is 0 Å². The normalized spacial score (nSPS) is 28.4. The topological polar surface area (TPSA) is 43.9 Å². The Morgan fingerprint density at radius 3 is 2.65 bits per heavy atom. The van der Waals surface area contributed by atoms with Gasteiger partial charge in [0.25, 0.3) is 0 Å². The minimum atomic E-state index is -4.52. The number of aromatic nitrogens is 3. The van der Waals surface area contributed by atoms with Crippen molar-refractivity contribution in [3.63, 3.8) is 0 Å². The molecule has 2 saturated carbocycles. The fraction of sp³-hybridized carbons (Fsp3) is 0.625. The predicted octanol–water partition coefficient (Wildman–Crippen LogP) is 4.55. The van der Waals surface area contributed by atoms with Crippen molar-refractivity contribution in [2.45, 2.75) is 44.8 Å². The number of alkyl halides is 3. The second-order valence-electron chi connectivity index (χ2n) is 6.77. The molecule has 0 spiro atoms. The summed E-state index contributed by atoms with van der Waals surface area (Å²) in [6.07, 6.45) is 1.40. The summed E-state index contributed by atoms with van der Waals surface area (Å²) >= 11 is 0. The highest BCUT2D eigenvalue weighted by Crippen LogP contribution is 2.53. The van der Waals surface area contributed by atoms with E-state index in [2.05, 4.69) is 10.2 Å². The van der Waals surface area contributed by atoms with E-state index in [-0.39, 0.29) is 17.8 Å². The molecule has 0 aromatic carbocycles. The predicted molar refractivity (Wildman–Crippen MR) is 76.4 cm³/mol. The van der Waals surface area contributed by atoms with Gasteiger partial charge in [0.15, 0.2) is 11.6 Å². The molecule has 2 heterocycles. The van der Waals surface area contributed by atoms with Crippen LogP contribution in [-0.2, 0) is 6.18 Å². The first-order valence-corrected chi connectivity index (χ1v) is 8.01. The summed E-state index contributed by atoms with van der Waals surface area (Å²) < 4.78 is 46.7. The van der Waals surface area contributed by atoms with Crippen molar-refractivity contribution in [3.05, 3.63) is 24.2 Å². The lowest BCUT2D eigenvalue weighted by Crippen LogP contribution is -2.26. The maximum Gasteiger partial charge on any atom is 0.451 e. The van der Waals surface area contributed by atoms with Gasteiger partial charge in [0.05, 0.1) is 6.26 Å². The van der Waals surface area contributed by atoms with Crippen molar-refractivity contribution in [2.75, 3.05) is 0 Å². The molecule has 2 aliphatic rings. The molecular formula is C16H18F3N3O. The Morgan fingerprint density at radius 2 is 2.09 bits per heavy atom. The molecule has 124 valence electrons. The number of nitrogens with zero attached hydrogens (tertiary/aromatic N) is 3. The smallest absolute Gasteiger partial charge is 0.451 e. The summed E-state index contributed by atoms with van der Waals surface area (Å²) in [5, 5.41) is 7.20. The first-order chi connectivity index (χ1) is 10.9. The zero-order valence-electron chi connectivity index (χ0n) is 12.8. The van der Waals surface area contributed by atoms with Crippen LogP contribution in [-0.4, -0.2) is 14.8 Å². The second-order valence-corrected chi connectivity index (χ2v) is 6.77. The number of rotatable bonds is 3. The third-order valence-corrected chi connectivity index (χ3v) is 5.51. The van der Waals surface area contributed by atoms with Crippen LogP contribution in [0.4, 0.5) is 13.2 Å². The lowest BCUT2D eigenvalue weighted by Gasteiger charge is -2.30. The van der Waals surface area contributed by atoms with Gasteiger partial charge in [-0.15, -0.1) is 10.2 Å². The molecule has 4 rings (SSSR count). The summed E-state index contributed by atoms with van der Waals surface area (Å²) in [7, 11) is 0. The molecule has 2 aromatic heterocycles. The van der Waals surface area contributed by atoms with Crippen LogP contribution in [0.3, 0.4) is 0 Å². The van der Waals surface area contributed by atoms with Gasteiger partial charge in [0, 0.05) is 6.04 Å². The third-order valence-electron chi connectivity index (χ3n) is 5.51. The summed E-state index contributed by atoms with van der Waals surface area (Å²) in [4.78, 5) is 0. The van der Waals surface area contributed by atoms with Gasteiger partial charge in [-0.2, -0.15) is 13.2 Å². The Morgan fingerprint density at radius 1 is 1.26 bits per heavy atom. The van der Waals surface area contributed by atoms with Gasteiger partial charge in [0.2, 0.25) is 5.82 Å². The monoisotopic (exact) mass is 325 g/mol. The van der Waals surface area contributed by atoms with Crippen LogP contribution < -0.4 is 0 Å². The fourth-order valence-corrected chi connectivity index (χ4v) is 4.52. The second kappa shape index (κ2) is 5.11. The molecule has 2 aliphatic carbocycles. The third kappa shape index (κ3) is 2.37. The van der Waals surface area contributed by atoms with E-state index in [1.54, 1.807) is 12.1 Å². The largest absolute Gasteiger partial charge is 0.461 e. The Kier molecular flexibility index (Phi) is 3.28. The molecule has 23 heavy (non-hydrogen) atoms. The molecule has 2 fully saturated rings. The van der Waals surface area contributed by atoms with E-state index in [0.717, 1.165) is 19.3 Å². The summed E-state index contributed by atoms with van der Waals surface area (Å²) in [5.41, 5.74) is 0. The van der Waals surface area contributed by atoms with Crippen LogP contribution in [0.1, 0.15) is 44.5 Å². The maximum atomic E-state index is 13.4. The highest BCUT2D eigenvalue weighted by Gasteiger charge is 2.46. The van der Waals surface area contributed by atoms with Gasteiger partial charge in [-0.1, -0.05) is 6.42 Å². The number of hydrogen-bond donors (Lipinski definition) is 0. The van der Waals surface area contributed by atoms with E-state index >= 15 is 0 Å². The number of fused-ring (bicyclic) bond motifs is 2. The number of hydrogen-bond acceptors (Lipinski definition) is 3. The fourth-order valence-electron chi connectivity index (χ4n) is 4.52. The minimum absolute atomic E-state index is 0.164. The van der Waals surface area contributed by atoms with Gasteiger partial charge in [-0.05, 0) is 56.1 Å². The van der Waals surface area contributed by atoms with Crippen molar-refractivity contribution in [3.8, 4) is 11.6 Å². The molecular weight excluding hydrogens is 307 g/mol. The van der Waals surface area contributed by atoms with Crippen molar-refractivity contribution in [2.24, 2.45) is 17.8 Å². The van der Waals surface area contributed by atoms with Crippen LogP contribution >= 0.6 is 0 Å². The van der Waals surface area contributed by atoms with E-state index in [4.69, 9.17) is 4.42 Å². The molecule has 0 radical (unpaired) electrons. The molecule has 0 N–H and O–H groups in total. The maximum absolute atomic E-state index is 13.4. The van der Waals surface area contributed by atoms with E-state index in [0.29, 0.717) is 17.6 Å². The van der Waals surface area contributed by atoms with Crippen LogP contribution in [0.2, 0.25) is 0 Å². The van der Waals surface area contributed by atoms with Crippen LogP contribution in [0.15, 0.2) is 22.8 Å². The summed E-state index contributed by atoms with van der Waals surface area (Å²) in [6, 6.07) is 2.97. The van der Waals surface area contributed by atoms with Crippen LogP contribution in [0, 0.1) is 17.8 Å². The van der Waals surface area contributed by atoms with Gasteiger partial charge in [-0.25, -0.2) is 0 Å². The quantitative estimate of drug-likeness (QED) is 0.831. The molecule has 2 aromatic rings. The van der Waals surface area contributed by atoms with Crippen LogP contribution in [0.5, 0.6) is 0 Å². The van der Waals surface area contributed by atoms with Crippen molar-refractivity contribution < 1.29 is 17.6 Å². The Hall–Kier alpha value is -1.79. The van der Waals surface area contributed by atoms with E-state index in [9.17, 15) is 13.2 Å². The van der Waals surface area contributed by atoms with Gasteiger partial charge in [0.1, 0.15) is 0 Å². The van der Waals surface area contributed by atoms with E-state index in [1.165, 1.54) is 17.3 Å². The average molecular weight is 325 g/mol. The van der Waals surface area contributed by atoms with Crippen molar-refractivity contribution in [1.82, 2.24) is 14.8 Å². The summed E-state index contributed by atoms with van der Waals surface area (Å²) in [5.74, 6) is 0.993. The molecule has 0 aliphatic heterocycles. The molecule has 2 bridgehead atoms. The van der Waals surface area contributed by atoms with Crippen molar-refractivity contribution in [1.29, 1.82) is 0 Å². The van der Waals surface area contributed by atoms with Gasteiger partial charge < -0.3 is 4.42 Å². The van der Waals surface area contributed by atoms with Crippen LogP contribution in [0.25, 0.3) is 11.6 Å². The molecule has 4 unspecified atom stereocenters. The zero-order valence-corrected chi connectivity index (χ0v) is 12.8. The molecule has 4 atom stereocenters. The van der Waals surface area contributed by atoms with Gasteiger partial charge >= 0.3 is 6.18 Å². The van der Waals surface area contributed by atoms with E-state index < -0.39 is 12.0 Å². The average Bonchev–Trinajstić information content (AvgIpc) is 3.26. The Labute approximate surface area is 131 Å². The number of furan rings is 1. The zero-order chi connectivity index (χ0) is 16.2. The van der Waals surface area contributed by atoms with Gasteiger partial charge in [-0.3, -0.25) is 4.57 Å². The van der Waals surface area contributed by atoms with E-state index in [1.807, 2.05) is 6.92 Å². The SMILES string of the molecule is CC(C1CC2CCC1C2)n1c(-c2ccco2)nnc1C(F)(F)F. The number of halogens is 3. The molecule has 4 nitrogen and oxygen atoms in total. The Bertz CT molecular complexity index is 692. The lowest BCUT2D eigenvalue weighted by atomic mass is 9.83. The summed E-state index contributed by atoms with van der Waals surface area (Å²) in [6.45, 7) is 1.86. The molecule has 0 amide bonds. The molecule has 0 saturated heterocycles.